The van der Waals surface area contributed by atoms with Gasteiger partial charge in [0.2, 0.25) is 23.5 Å². The molecule has 0 bridgehead atoms. The number of aromatic nitrogens is 4. The van der Waals surface area contributed by atoms with Gasteiger partial charge < -0.3 is 9.42 Å². The third kappa shape index (κ3) is 3.39. The quantitative estimate of drug-likeness (QED) is 0.623. The Morgan fingerprint density at radius 1 is 1.31 bits per heavy atom. The second-order valence-corrected chi connectivity index (χ2v) is 6.78. The second kappa shape index (κ2) is 6.96. The van der Waals surface area contributed by atoms with Gasteiger partial charge in [0.15, 0.2) is 0 Å². The van der Waals surface area contributed by atoms with Gasteiger partial charge in [-0.15, -0.1) is 0 Å². The van der Waals surface area contributed by atoms with Crippen LogP contribution >= 0.6 is 0 Å². The maximum absolute atomic E-state index is 12.8. The fourth-order valence-corrected chi connectivity index (χ4v) is 3.23. The lowest BCUT2D eigenvalue weighted by atomic mass is 10.0. The van der Waals surface area contributed by atoms with E-state index in [1.54, 1.807) is 31.2 Å². The zero-order valence-corrected chi connectivity index (χ0v) is 15.7. The molecule has 12 nitrogen and oxygen atoms in total. The molecule has 1 fully saturated rings. The average Bonchev–Trinajstić information content (AvgIpc) is 3.36. The summed E-state index contributed by atoms with van der Waals surface area (Å²) in [7, 11) is 3.36. The SMILES string of the molecule is CN(Cc1nc(-c2cnn(C)c2)no1)C1=CC(=O)N(C2CCC(=O)NC2=O)C1=O. The topological polar surface area (TPSA) is 144 Å². The Hall–Kier alpha value is -3.83. The average molecular weight is 399 g/mol. The van der Waals surface area contributed by atoms with E-state index in [0.717, 1.165) is 11.0 Å². The monoisotopic (exact) mass is 399 g/mol. The summed E-state index contributed by atoms with van der Waals surface area (Å²) in [5, 5.41) is 10.1. The number of imide groups is 2. The first-order valence-corrected chi connectivity index (χ1v) is 8.79. The summed E-state index contributed by atoms with van der Waals surface area (Å²) in [6, 6.07) is -1.00. The third-order valence-corrected chi connectivity index (χ3v) is 4.67. The summed E-state index contributed by atoms with van der Waals surface area (Å²) < 4.78 is 6.82. The second-order valence-electron chi connectivity index (χ2n) is 6.78. The van der Waals surface area contributed by atoms with Gasteiger partial charge in [0.25, 0.3) is 11.8 Å². The Morgan fingerprint density at radius 2 is 2.10 bits per heavy atom. The predicted octanol–water partition coefficient (Wildman–Crippen LogP) is -1.04. The Labute approximate surface area is 164 Å². The van der Waals surface area contributed by atoms with E-state index >= 15 is 0 Å². The van der Waals surface area contributed by atoms with E-state index in [1.807, 2.05) is 0 Å². The minimum atomic E-state index is -1.00. The van der Waals surface area contributed by atoms with Gasteiger partial charge in [-0.2, -0.15) is 10.1 Å². The molecule has 1 unspecified atom stereocenters. The molecule has 0 aliphatic carbocycles. The molecule has 0 spiro atoms. The smallest absolute Gasteiger partial charge is 0.277 e. The van der Waals surface area contributed by atoms with Crippen molar-refractivity contribution in [3.05, 3.63) is 30.1 Å². The van der Waals surface area contributed by atoms with Crippen LogP contribution < -0.4 is 5.32 Å². The van der Waals surface area contributed by atoms with E-state index in [-0.39, 0.29) is 31.0 Å². The van der Waals surface area contributed by atoms with Gasteiger partial charge in [-0.1, -0.05) is 5.16 Å². The third-order valence-electron chi connectivity index (χ3n) is 4.67. The lowest BCUT2D eigenvalue weighted by Crippen LogP contribution is -2.54. The highest BCUT2D eigenvalue weighted by Gasteiger charge is 2.43. The number of carbonyl (C=O) groups is 4. The Morgan fingerprint density at radius 3 is 2.79 bits per heavy atom. The van der Waals surface area contributed by atoms with Gasteiger partial charge in [0, 0.05) is 32.8 Å². The van der Waals surface area contributed by atoms with Gasteiger partial charge >= 0.3 is 0 Å². The summed E-state index contributed by atoms with van der Waals surface area (Å²) in [5.41, 5.74) is 0.779. The highest BCUT2D eigenvalue weighted by molar-refractivity contribution is 6.18. The zero-order chi connectivity index (χ0) is 20.7. The van der Waals surface area contributed by atoms with Gasteiger partial charge in [-0.05, 0) is 6.42 Å². The number of rotatable bonds is 5. The number of amides is 4. The van der Waals surface area contributed by atoms with Gasteiger partial charge in [0.05, 0.1) is 18.3 Å². The van der Waals surface area contributed by atoms with Crippen LogP contribution in [-0.2, 0) is 32.8 Å². The summed E-state index contributed by atoms with van der Waals surface area (Å²) >= 11 is 0. The maximum Gasteiger partial charge on any atom is 0.277 e. The molecule has 4 rings (SSSR count). The molecule has 2 aromatic heterocycles. The van der Waals surface area contributed by atoms with E-state index in [1.165, 1.54) is 4.90 Å². The number of nitrogens with one attached hydrogen (secondary N) is 1. The van der Waals surface area contributed by atoms with Crippen molar-refractivity contribution in [2.75, 3.05) is 7.05 Å². The van der Waals surface area contributed by atoms with Crippen molar-refractivity contribution in [3.63, 3.8) is 0 Å². The zero-order valence-electron chi connectivity index (χ0n) is 15.7. The minimum Gasteiger partial charge on any atom is -0.361 e. The number of nitrogens with zero attached hydrogens (tertiary/aromatic N) is 6. The van der Waals surface area contributed by atoms with E-state index in [9.17, 15) is 19.2 Å². The molecule has 0 saturated carbocycles. The van der Waals surface area contributed by atoms with Gasteiger partial charge in [-0.3, -0.25) is 34.1 Å². The van der Waals surface area contributed by atoms with Crippen LogP contribution in [0.15, 0.2) is 28.7 Å². The molecular formula is C17H17N7O5. The van der Waals surface area contributed by atoms with Crippen molar-refractivity contribution in [1.82, 2.24) is 35.0 Å². The fourth-order valence-electron chi connectivity index (χ4n) is 3.23. The predicted molar refractivity (Wildman–Crippen MR) is 94.1 cm³/mol. The van der Waals surface area contributed by atoms with Gasteiger partial charge in [-0.25, -0.2) is 0 Å². The van der Waals surface area contributed by atoms with E-state index in [4.69, 9.17) is 4.52 Å². The first-order valence-electron chi connectivity index (χ1n) is 8.79. The van der Waals surface area contributed by atoms with Crippen LogP contribution in [0, 0.1) is 0 Å². The fraction of sp³-hybridized carbons (Fsp3) is 0.353. The molecule has 4 heterocycles. The molecule has 12 heteroatoms. The van der Waals surface area contributed by atoms with Crippen LogP contribution in [0.25, 0.3) is 11.4 Å². The summed E-state index contributed by atoms with van der Waals surface area (Å²) in [6.07, 6.45) is 4.66. The van der Waals surface area contributed by atoms with Crippen molar-refractivity contribution in [2.24, 2.45) is 7.05 Å². The molecule has 150 valence electrons. The van der Waals surface area contributed by atoms with Crippen LogP contribution in [0.3, 0.4) is 0 Å². The molecular weight excluding hydrogens is 382 g/mol. The van der Waals surface area contributed by atoms with Crippen molar-refractivity contribution in [2.45, 2.75) is 25.4 Å². The van der Waals surface area contributed by atoms with E-state index < -0.39 is 29.7 Å². The van der Waals surface area contributed by atoms with Crippen molar-refractivity contribution >= 4 is 23.6 Å². The molecule has 29 heavy (non-hydrogen) atoms. The number of aryl methyl sites for hydroxylation is 1. The number of piperidine rings is 1. The minimum absolute atomic E-state index is 0.0672. The molecule has 0 aromatic carbocycles. The lowest BCUT2D eigenvalue weighted by molar-refractivity contribution is -0.150. The van der Waals surface area contributed by atoms with Gasteiger partial charge in [0.1, 0.15) is 11.7 Å². The van der Waals surface area contributed by atoms with E-state index in [0.29, 0.717) is 11.4 Å². The largest absolute Gasteiger partial charge is 0.361 e. The summed E-state index contributed by atoms with van der Waals surface area (Å²) in [5.74, 6) is -1.69. The standard InChI is InChI=1S/C17H17N7O5/c1-22(8-13-20-15(21-29-13)9-6-18-23(2)7-9)11-5-14(26)24(17(11)28)10-3-4-12(25)19-16(10)27/h5-7,10H,3-4,8H2,1-2H3,(H,19,25,27). The Balaban J connectivity index is 1.46. The highest BCUT2D eigenvalue weighted by atomic mass is 16.5. The summed E-state index contributed by atoms with van der Waals surface area (Å²) in [6.45, 7) is 0.0846. The van der Waals surface area contributed by atoms with Crippen LogP contribution in [0.1, 0.15) is 18.7 Å². The van der Waals surface area contributed by atoms with Crippen molar-refractivity contribution in [1.29, 1.82) is 0 Å². The molecule has 2 aliphatic rings. The normalized spacial score (nSPS) is 19.6. The van der Waals surface area contributed by atoms with Crippen LogP contribution in [0.4, 0.5) is 0 Å². The first kappa shape index (κ1) is 18.5. The summed E-state index contributed by atoms with van der Waals surface area (Å²) in [4.78, 5) is 55.1. The Kier molecular flexibility index (Phi) is 4.45. The molecule has 2 aromatic rings. The lowest BCUT2D eigenvalue weighted by Gasteiger charge is -2.29. The highest BCUT2D eigenvalue weighted by Crippen LogP contribution is 2.24. The number of likely N-dealkylation sites (N-methyl/N-ethyl adjacent to an activating group) is 1. The molecule has 1 N–H and O–H groups in total. The maximum atomic E-state index is 12.8. The molecule has 4 amide bonds. The number of hydrogen-bond donors (Lipinski definition) is 1. The van der Waals surface area contributed by atoms with E-state index in [2.05, 4.69) is 20.6 Å². The van der Waals surface area contributed by atoms with Crippen molar-refractivity contribution < 1.29 is 23.7 Å². The van der Waals surface area contributed by atoms with Crippen LogP contribution in [-0.4, -0.2) is 66.4 Å². The molecule has 2 aliphatic heterocycles. The number of carbonyl (C=O) groups excluding carboxylic acids is 4. The van der Waals surface area contributed by atoms with Crippen LogP contribution in [0.5, 0.6) is 0 Å². The molecule has 1 saturated heterocycles. The van der Waals surface area contributed by atoms with Crippen molar-refractivity contribution in [3.8, 4) is 11.4 Å². The Bertz CT molecular complexity index is 1050. The first-order chi connectivity index (χ1) is 13.8. The molecule has 0 radical (unpaired) electrons. The number of hydrogen-bond acceptors (Lipinski definition) is 9. The molecule has 1 atom stereocenters. The van der Waals surface area contributed by atoms with Crippen LogP contribution in [0.2, 0.25) is 0 Å².